The normalized spacial score (nSPS) is 11.0. The number of hydrogen-bond acceptors (Lipinski definition) is 6. The molecule has 1 heterocycles. The molecular weight excluding hydrogens is 403 g/mol. The molecule has 0 fully saturated rings. The molecule has 0 saturated heterocycles. The quantitative estimate of drug-likeness (QED) is 0.557. The van der Waals surface area contributed by atoms with Crippen LogP contribution in [0.15, 0.2) is 48.5 Å². The SMILES string of the molecule is COc1cccc(C(=O)c2sc(Nc3cccc(C(F)(F)F)c3)c(C#N)c2N)c1. The fourth-order valence-corrected chi connectivity index (χ4v) is 3.66. The van der Waals surface area contributed by atoms with Crippen molar-refractivity contribution >= 4 is 33.5 Å². The number of anilines is 3. The van der Waals surface area contributed by atoms with Crippen LogP contribution >= 0.6 is 11.3 Å². The highest BCUT2D eigenvalue weighted by Gasteiger charge is 2.30. The standard InChI is InChI=1S/C20H14F3N3O2S/c1-28-14-7-2-4-11(8-14)17(27)18-16(25)15(10-24)19(29-18)26-13-6-3-5-12(9-13)20(21,22)23/h2-9,26H,25H2,1H3. The van der Waals surface area contributed by atoms with Gasteiger partial charge in [-0.1, -0.05) is 18.2 Å². The minimum atomic E-state index is -4.50. The molecule has 29 heavy (non-hydrogen) atoms. The van der Waals surface area contributed by atoms with Crippen LogP contribution in [0.4, 0.5) is 29.5 Å². The molecule has 148 valence electrons. The molecule has 0 bridgehead atoms. The molecule has 2 aromatic carbocycles. The summed E-state index contributed by atoms with van der Waals surface area (Å²) in [6.07, 6.45) is -4.50. The average molecular weight is 417 g/mol. The zero-order chi connectivity index (χ0) is 21.2. The average Bonchev–Trinajstić information content (AvgIpc) is 3.02. The van der Waals surface area contributed by atoms with Crippen LogP contribution in [-0.2, 0) is 6.18 Å². The highest BCUT2D eigenvalue weighted by atomic mass is 32.1. The molecule has 1 aromatic heterocycles. The van der Waals surface area contributed by atoms with Crippen LogP contribution in [0.1, 0.15) is 26.4 Å². The van der Waals surface area contributed by atoms with Crippen molar-refractivity contribution in [1.82, 2.24) is 0 Å². The van der Waals surface area contributed by atoms with E-state index in [0.717, 1.165) is 23.5 Å². The van der Waals surface area contributed by atoms with Crippen molar-refractivity contribution in [3.05, 3.63) is 70.1 Å². The van der Waals surface area contributed by atoms with Crippen molar-refractivity contribution in [3.8, 4) is 11.8 Å². The predicted molar refractivity (Wildman–Crippen MR) is 105 cm³/mol. The van der Waals surface area contributed by atoms with Gasteiger partial charge in [0.2, 0.25) is 5.78 Å². The van der Waals surface area contributed by atoms with Crippen LogP contribution in [0.3, 0.4) is 0 Å². The van der Waals surface area contributed by atoms with Gasteiger partial charge in [0.25, 0.3) is 0 Å². The number of thiophene rings is 1. The fraction of sp³-hybridized carbons (Fsp3) is 0.100. The van der Waals surface area contributed by atoms with Crippen molar-refractivity contribution in [2.24, 2.45) is 0 Å². The number of nitrogens with one attached hydrogen (secondary N) is 1. The van der Waals surface area contributed by atoms with Crippen LogP contribution in [0.25, 0.3) is 0 Å². The number of nitriles is 1. The van der Waals surface area contributed by atoms with E-state index >= 15 is 0 Å². The first-order valence-electron chi connectivity index (χ1n) is 8.20. The van der Waals surface area contributed by atoms with Crippen molar-refractivity contribution < 1.29 is 22.7 Å². The van der Waals surface area contributed by atoms with E-state index in [1.807, 2.05) is 6.07 Å². The number of carbonyl (C=O) groups excluding carboxylic acids is 1. The van der Waals surface area contributed by atoms with Gasteiger partial charge in [-0.3, -0.25) is 4.79 Å². The molecule has 0 radical (unpaired) electrons. The van der Waals surface area contributed by atoms with Gasteiger partial charge in [0.05, 0.1) is 18.4 Å². The van der Waals surface area contributed by atoms with E-state index in [-0.39, 0.29) is 26.8 Å². The van der Waals surface area contributed by atoms with Gasteiger partial charge >= 0.3 is 6.18 Å². The van der Waals surface area contributed by atoms with Gasteiger partial charge < -0.3 is 15.8 Å². The van der Waals surface area contributed by atoms with Gasteiger partial charge in [-0.15, -0.1) is 11.3 Å². The topological polar surface area (TPSA) is 88.1 Å². The molecule has 0 spiro atoms. The van der Waals surface area contributed by atoms with E-state index in [4.69, 9.17) is 10.5 Å². The predicted octanol–water partition coefficient (Wildman–Crippen LogP) is 5.20. The van der Waals surface area contributed by atoms with Crippen molar-refractivity contribution in [2.75, 3.05) is 18.2 Å². The first-order valence-corrected chi connectivity index (χ1v) is 9.01. The van der Waals surface area contributed by atoms with Gasteiger partial charge in [-0.2, -0.15) is 18.4 Å². The molecular formula is C20H14F3N3O2S. The summed E-state index contributed by atoms with van der Waals surface area (Å²) in [4.78, 5) is 13.0. The van der Waals surface area contributed by atoms with Crippen LogP contribution in [-0.4, -0.2) is 12.9 Å². The third kappa shape index (κ3) is 4.17. The maximum atomic E-state index is 12.9. The van der Waals surface area contributed by atoms with Crippen molar-refractivity contribution in [1.29, 1.82) is 5.26 Å². The number of ketones is 1. The fourth-order valence-electron chi connectivity index (χ4n) is 2.61. The van der Waals surface area contributed by atoms with Crippen LogP contribution < -0.4 is 15.8 Å². The van der Waals surface area contributed by atoms with E-state index < -0.39 is 17.5 Å². The number of carbonyl (C=O) groups is 1. The first kappa shape index (κ1) is 20.2. The van der Waals surface area contributed by atoms with E-state index in [9.17, 15) is 23.2 Å². The molecule has 0 aliphatic carbocycles. The van der Waals surface area contributed by atoms with Gasteiger partial charge in [0.1, 0.15) is 27.3 Å². The summed E-state index contributed by atoms with van der Waals surface area (Å²) in [5.41, 5.74) is 5.56. The Bertz CT molecular complexity index is 1120. The minimum absolute atomic E-state index is 0.00124. The smallest absolute Gasteiger partial charge is 0.416 e. The van der Waals surface area contributed by atoms with Crippen molar-refractivity contribution in [3.63, 3.8) is 0 Å². The Hall–Kier alpha value is -3.51. The van der Waals surface area contributed by atoms with Crippen molar-refractivity contribution in [2.45, 2.75) is 6.18 Å². The lowest BCUT2D eigenvalue weighted by molar-refractivity contribution is -0.137. The monoisotopic (exact) mass is 417 g/mol. The number of nitrogens with zero attached hydrogens (tertiary/aromatic N) is 1. The maximum absolute atomic E-state index is 12.9. The molecule has 0 amide bonds. The molecule has 0 saturated carbocycles. The molecule has 0 unspecified atom stereocenters. The molecule has 3 N–H and O–H groups in total. The third-order valence-electron chi connectivity index (χ3n) is 4.04. The summed E-state index contributed by atoms with van der Waals surface area (Å²) in [5, 5.41) is 12.4. The summed E-state index contributed by atoms with van der Waals surface area (Å²) < 4.78 is 43.9. The number of halogens is 3. The number of hydrogen-bond donors (Lipinski definition) is 2. The number of ether oxygens (including phenoxy) is 1. The van der Waals surface area contributed by atoms with Gasteiger partial charge in [-0.25, -0.2) is 0 Å². The summed E-state index contributed by atoms with van der Waals surface area (Å²) in [6, 6.07) is 12.9. The Morgan fingerprint density at radius 1 is 1.21 bits per heavy atom. The largest absolute Gasteiger partial charge is 0.497 e. The zero-order valence-electron chi connectivity index (χ0n) is 15.0. The second-order valence-corrected chi connectivity index (χ2v) is 6.95. The molecule has 3 aromatic rings. The highest BCUT2D eigenvalue weighted by molar-refractivity contribution is 7.19. The molecule has 0 aliphatic heterocycles. The second-order valence-electron chi connectivity index (χ2n) is 5.93. The maximum Gasteiger partial charge on any atom is 0.416 e. The Kier molecular flexibility index (Phi) is 5.48. The highest BCUT2D eigenvalue weighted by Crippen LogP contribution is 2.39. The number of nitrogen functional groups attached to an aromatic ring is 1. The molecule has 3 rings (SSSR count). The third-order valence-corrected chi connectivity index (χ3v) is 5.16. The van der Waals surface area contributed by atoms with E-state index in [1.54, 1.807) is 18.2 Å². The minimum Gasteiger partial charge on any atom is -0.497 e. The lowest BCUT2D eigenvalue weighted by Gasteiger charge is -2.09. The van der Waals surface area contributed by atoms with Gasteiger partial charge in [0, 0.05) is 11.3 Å². The molecule has 5 nitrogen and oxygen atoms in total. The number of methoxy groups -OCH3 is 1. The lowest BCUT2D eigenvalue weighted by atomic mass is 10.1. The number of alkyl halides is 3. The Morgan fingerprint density at radius 3 is 2.59 bits per heavy atom. The summed E-state index contributed by atoms with van der Waals surface area (Å²) >= 11 is 0.905. The number of benzene rings is 2. The molecule has 0 aliphatic rings. The first-order chi connectivity index (χ1) is 13.7. The zero-order valence-corrected chi connectivity index (χ0v) is 15.8. The van der Waals surface area contributed by atoms with E-state index in [2.05, 4.69) is 5.32 Å². The lowest BCUT2D eigenvalue weighted by Crippen LogP contribution is -2.05. The van der Waals surface area contributed by atoms with Gasteiger partial charge in [-0.05, 0) is 30.3 Å². The van der Waals surface area contributed by atoms with Crippen LogP contribution in [0.5, 0.6) is 5.75 Å². The summed E-state index contributed by atoms with van der Waals surface area (Å²) in [5.74, 6) is 0.0637. The summed E-state index contributed by atoms with van der Waals surface area (Å²) in [7, 11) is 1.47. The molecule has 0 atom stereocenters. The second kappa shape index (κ2) is 7.85. The Morgan fingerprint density at radius 2 is 1.93 bits per heavy atom. The van der Waals surface area contributed by atoms with E-state index in [0.29, 0.717) is 11.3 Å². The van der Waals surface area contributed by atoms with E-state index in [1.165, 1.54) is 25.3 Å². The Labute approximate surface area is 168 Å². The summed E-state index contributed by atoms with van der Waals surface area (Å²) in [6.45, 7) is 0. The van der Waals surface area contributed by atoms with Gasteiger partial charge in [0.15, 0.2) is 0 Å². The van der Waals surface area contributed by atoms with Crippen LogP contribution in [0.2, 0.25) is 0 Å². The number of nitrogens with two attached hydrogens (primary N) is 1. The molecule has 9 heteroatoms. The number of rotatable bonds is 5. The van der Waals surface area contributed by atoms with Crippen LogP contribution in [0, 0.1) is 11.3 Å². The Balaban J connectivity index is 1.98.